The molecule has 1 aromatic carbocycles. The number of benzene rings is 1. The number of alkyl halides is 3. The fourth-order valence-corrected chi connectivity index (χ4v) is 3.09. The molecule has 1 unspecified atom stereocenters. The number of halogens is 3. The maximum atomic E-state index is 13.7. The first kappa shape index (κ1) is 21.3. The van der Waals surface area contributed by atoms with Crippen LogP contribution in [0.2, 0.25) is 0 Å². The third kappa shape index (κ3) is 4.43. The standard InChI is InChI=1S/C17H15F3N6O3S/c1-29-12-5-3-10(4-6-12)7-13(17(18,19)20)23-14-15-22-9-11(8-21)26(15)25-16(24-14)30(2,27)28/h3-6,9,13H,7H2,1-2H3,(H,23,24,25). The van der Waals surface area contributed by atoms with E-state index in [0.717, 1.165) is 17.0 Å². The predicted molar refractivity (Wildman–Crippen MR) is 98.8 cm³/mol. The monoisotopic (exact) mass is 440 g/mol. The summed E-state index contributed by atoms with van der Waals surface area (Å²) in [5.74, 6) is 0.0368. The molecule has 0 aliphatic rings. The predicted octanol–water partition coefficient (Wildman–Crippen LogP) is 1.99. The normalized spacial score (nSPS) is 13.1. The molecule has 0 aliphatic carbocycles. The molecule has 3 rings (SSSR count). The first-order chi connectivity index (χ1) is 14.0. The number of sulfone groups is 1. The number of hydrogen-bond acceptors (Lipinski definition) is 8. The van der Waals surface area contributed by atoms with E-state index in [-0.39, 0.29) is 11.3 Å². The van der Waals surface area contributed by atoms with Crippen LogP contribution < -0.4 is 10.1 Å². The number of imidazole rings is 1. The highest BCUT2D eigenvalue weighted by molar-refractivity contribution is 7.90. The van der Waals surface area contributed by atoms with Gasteiger partial charge in [0.05, 0.1) is 13.3 Å². The summed E-state index contributed by atoms with van der Waals surface area (Å²) in [5.41, 5.74) is 0.00193. The maximum absolute atomic E-state index is 13.7. The number of anilines is 1. The van der Waals surface area contributed by atoms with Gasteiger partial charge in [0.1, 0.15) is 17.9 Å². The Morgan fingerprint density at radius 1 is 1.30 bits per heavy atom. The van der Waals surface area contributed by atoms with Crippen LogP contribution in [-0.4, -0.2) is 53.6 Å². The fourth-order valence-electron chi connectivity index (χ4n) is 2.60. The van der Waals surface area contributed by atoms with Gasteiger partial charge in [0, 0.05) is 12.7 Å². The maximum Gasteiger partial charge on any atom is 0.408 e. The van der Waals surface area contributed by atoms with Gasteiger partial charge in [-0.05, 0) is 17.7 Å². The highest BCUT2D eigenvalue weighted by Crippen LogP contribution is 2.28. The summed E-state index contributed by atoms with van der Waals surface area (Å²) in [4.78, 5) is 7.57. The molecule has 2 aromatic heterocycles. The molecule has 0 saturated heterocycles. The van der Waals surface area contributed by atoms with Crippen LogP contribution >= 0.6 is 0 Å². The minimum atomic E-state index is -4.70. The van der Waals surface area contributed by atoms with Gasteiger partial charge in [-0.2, -0.15) is 27.9 Å². The quantitative estimate of drug-likeness (QED) is 0.618. The zero-order valence-electron chi connectivity index (χ0n) is 15.7. The van der Waals surface area contributed by atoms with Gasteiger partial charge in [-0.1, -0.05) is 12.1 Å². The average molecular weight is 440 g/mol. The second-order valence-electron chi connectivity index (χ2n) is 6.30. The molecule has 13 heteroatoms. The molecule has 0 saturated carbocycles. The number of fused-ring (bicyclic) bond motifs is 1. The Bertz CT molecular complexity index is 1220. The second-order valence-corrected chi connectivity index (χ2v) is 8.21. The van der Waals surface area contributed by atoms with Crippen molar-refractivity contribution in [3.8, 4) is 11.8 Å². The van der Waals surface area contributed by atoms with Crippen molar-refractivity contribution in [2.24, 2.45) is 0 Å². The Balaban J connectivity index is 2.05. The molecule has 0 spiro atoms. The molecule has 0 bridgehead atoms. The second kappa shape index (κ2) is 7.79. The Kier molecular flexibility index (Phi) is 5.53. The van der Waals surface area contributed by atoms with Crippen molar-refractivity contribution in [3.05, 3.63) is 41.7 Å². The van der Waals surface area contributed by atoms with Gasteiger partial charge in [-0.15, -0.1) is 5.10 Å². The van der Waals surface area contributed by atoms with Crippen molar-refractivity contribution in [1.29, 1.82) is 5.26 Å². The van der Waals surface area contributed by atoms with E-state index in [4.69, 9.17) is 10.00 Å². The molecule has 1 N–H and O–H groups in total. The van der Waals surface area contributed by atoms with Crippen LogP contribution in [0.15, 0.2) is 35.6 Å². The van der Waals surface area contributed by atoms with Gasteiger partial charge in [0.15, 0.2) is 17.2 Å². The zero-order valence-corrected chi connectivity index (χ0v) is 16.5. The van der Waals surface area contributed by atoms with Gasteiger partial charge in [0.25, 0.3) is 5.16 Å². The van der Waals surface area contributed by atoms with E-state index in [9.17, 15) is 21.6 Å². The lowest BCUT2D eigenvalue weighted by Gasteiger charge is -2.22. The lowest BCUT2D eigenvalue weighted by atomic mass is 10.1. The van der Waals surface area contributed by atoms with Crippen LogP contribution in [0.1, 0.15) is 11.3 Å². The van der Waals surface area contributed by atoms with E-state index < -0.39 is 39.5 Å². The molecule has 0 fully saturated rings. The number of nitrogens with one attached hydrogen (secondary N) is 1. The Morgan fingerprint density at radius 2 is 1.97 bits per heavy atom. The van der Waals surface area contributed by atoms with Crippen molar-refractivity contribution in [3.63, 3.8) is 0 Å². The minimum Gasteiger partial charge on any atom is -0.497 e. The zero-order chi connectivity index (χ0) is 22.1. The van der Waals surface area contributed by atoms with Crippen LogP contribution in [0, 0.1) is 11.3 Å². The molecule has 30 heavy (non-hydrogen) atoms. The van der Waals surface area contributed by atoms with Gasteiger partial charge < -0.3 is 10.1 Å². The van der Waals surface area contributed by atoms with Gasteiger partial charge in [0.2, 0.25) is 9.84 Å². The third-order valence-corrected chi connectivity index (χ3v) is 4.93. The summed E-state index contributed by atoms with van der Waals surface area (Å²) >= 11 is 0. The Morgan fingerprint density at radius 3 is 2.50 bits per heavy atom. The molecule has 2 heterocycles. The lowest BCUT2D eigenvalue weighted by Crippen LogP contribution is -2.38. The molecule has 9 nitrogen and oxygen atoms in total. The highest BCUT2D eigenvalue weighted by Gasteiger charge is 2.40. The number of hydrogen-bond donors (Lipinski definition) is 1. The molecule has 0 radical (unpaired) electrons. The summed E-state index contributed by atoms with van der Waals surface area (Å²) in [6.45, 7) is 0. The van der Waals surface area contributed by atoms with E-state index in [2.05, 4.69) is 20.4 Å². The molecule has 0 aliphatic heterocycles. The summed E-state index contributed by atoms with van der Waals surface area (Å²) in [5, 5.41) is 14.3. The molecule has 0 amide bonds. The van der Waals surface area contributed by atoms with Crippen LogP contribution in [0.25, 0.3) is 5.65 Å². The van der Waals surface area contributed by atoms with Gasteiger partial charge in [-0.25, -0.2) is 13.4 Å². The highest BCUT2D eigenvalue weighted by atomic mass is 32.2. The van der Waals surface area contributed by atoms with Crippen molar-refractivity contribution in [2.75, 3.05) is 18.7 Å². The molecule has 1 atom stereocenters. The molecule has 3 aromatic rings. The summed E-state index contributed by atoms with van der Waals surface area (Å²) in [7, 11) is -2.53. The summed E-state index contributed by atoms with van der Waals surface area (Å²) in [6.07, 6.45) is -3.30. The number of methoxy groups -OCH3 is 1. The summed E-state index contributed by atoms with van der Waals surface area (Å²) in [6, 6.07) is 5.66. The third-order valence-electron chi connectivity index (χ3n) is 4.09. The molecular weight excluding hydrogens is 425 g/mol. The van der Waals surface area contributed by atoms with E-state index in [1.54, 1.807) is 6.07 Å². The SMILES string of the molecule is COc1ccc(CC(Nc2nc(S(C)(=O)=O)nn3c(C#N)cnc23)C(F)(F)F)cc1. The topological polar surface area (TPSA) is 122 Å². The van der Waals surface area contributed by atoms with Crippen molar-refractivity contribution in [2.45, 2.75) is 23.8 Å². The number of nitrogens with zero attached hydrogens (tertiary/aromatic N) is 5. The number of aromatic nitrogens is 4. The van der Waals surface area contributed by atoms with Gasteiger partial charge >= 0.3 is 6.18 Å². The van der Waals surface area contributed by atoms with Crippen molar-refractivity contribution < 1.29 is 26.3 Å². The minimum absolute atomic E-state index is 0.154. The van der Waals surface area contributed by atoms with Gasteiger partial charge in [-0.3, -0.25) is 0 Å². The number of rotatable bonds is 6. The van der Waals surface area contributed by atoms with Crippen LogP contribution in [0.5, 0.6) is 5.75 Å². The smallest absolute Gasteiger partial charge is 0.408 e. The lowest BCUT2D eigenvalue weighted by molar-refractivity contribution is -0.142. The number of nitriles is 1. The van der Waals surface area contributed by atoms with E-state index >= 15 is 0 Å². The van der Waals surface area contributed by atoms with Crippen LogP contribution in [-0.2, 0) is 16.3 Å². The van der Waals surface area contributed by atoms with Crippen molar-refractivity contribution in [1.82, 2.24) is 19.6 Å². The van der Waals surface area contributed by atoms with Crippen molar-refractivity contribution >= 4 is 21.3 Å². The molecule has 158 valence electrons. The van der Waals surface area contributed by atoms with E-state index in [1.165, 1.54) is 31.4 Å². The molecular formula is C17H15F3N6O3S. The largest absolute Gasteiger partial charge is 0.497 e. The fraction of sp³-hybridized carbons (Fsp3) is 0.294. The Labute approximate surface area is 169 Å². The first-order valence-electron chi connectivity index (χ1n) is 8.35. The van der Waals surface area contributed by atoms with E-state index in [1.807, 2.05) is 0 Å². The average Bonchev–Trinajstić information content (AvgIpc) is 3.10. The Hall–Kier alpha value is -3.40. The van der Waals surface area contributed by atoms with Crippen LogP contribution in [0.4, 0.5) is 19.0 Å². The first-order valence-corrected chi connectivity index (χ1v) is 10.2. The summed E-state index contributed by atoms with van der Waals surface area (Å²) < 4.78 is 70.7. The van der Waals surface area contributed by atoms with E-state index in [0.29, 0.717) is 11.3 Å². The van der Waals surface area contributed by atoms with Crippen LogP contribution in [0.3, 0.4) is 0 Å². The number of ether oxygens (including phenoxy) is 1.